The average Bonchev–Trinajstić information content (AvgIpc) is 2.86. The predicted octanol–water partition coefficient (Wildman–Crippen LogP) is 2.06. The molecule has 0 aliphatic heterocycles. The fraction of sp³-hybridized carbons (Fsp3) is 0.250. The standard InChI is InChI=1S/C12H13ClN4O/c1-2-7-14-12(18)10-8-17(16-15-10)11-6-4-3-5-9(11)13/h3-6,8H,2,7H2,1H3,(H,14,18). The van der Waals surface area contributed by atoms with Crippen molar-refractivity contribution in [3.63, 3.8) is 0 Å². The van der Waals surface area contributed by atoms with Crippen LogP contribution in [0.1, 0.15) is 23.8 Å². The van der Waals surface area contributed by atoms with E-state index in [2.05, 4.69) is 15.6 Å². The molecule has 0 unspecified atom stereocenters. The van der Waals surface area contributed by atoms with Crippen molar-refractivity contribution >= 4 is 17.5 Å². The Labute approximate surface area is 110 Å². The van der Waals surface area contributed by atoms with Gasteiger partial charge in [-0.05, 0) is 18.6 Å². The van der Waals surface area contributed by atoms with Crippen LogP contribution in [0.25, 0.3) is 5.69 Å². The van der Waals surface area contributed by atoms with Gasteiger partial charge in [0, 0.05) is 6.54 Å². The molecule has 1 heterocycles. The quantitative estimate of drug-likeness (QED) is 0.920. The Balaban J connectivity index is 2.21. The minimum atomic E-state index is -0.227. The molecule has 5 nitrogen and oxygen atoms in total. The molecule has 1 N–H and O–H groups in total. The summed E-state index contributed by atoms with van der Waals surface area (Å²) in [6, 6.07) is 7.25. The molecule has 0 aliphatic rings. The highest BCUT2D eigenvalue weighted by molar-refractivity contribution is 6.32. The van der Waals surface area contributed by atoms with Crippen LogP contribution in [0.4, 0.5) is 0 Å². The van der Waals surface area contributed by atoms with Gasteiger partial charge in [-0.2, -0.15) is 0 Å². The molecular formula is C12H13ClN4O. The summed E-state index contributed by atoms with van der Waals surface area (Å²) in [6.45, 7) is 2.61. The van der Waals surface area contributed by atoms with Crippen LogP contribution in [0, 0.1) is 0 Å². The van der Waals surface area contributed by atoms with E-state index in [0.29, 0.717) is 17.3 Å². The molecule has 0 aliphatic carbocycles. The third-order valence-corrected chi connectivity index (χ3v) is 2.68. The molecule has 18 heavy (non-hydrogen) atoms. The van der Waals surface area contributed by atoms with Crippen molar-refractivity contribution in [1.29, 1.82) is 0 Å². The maximum absolute atomic E-state index is 11.7. The molecule has 0 atom stereocenters. The van der Waals surface area contributed by atoms with E-state index >= 15 is 0 Å². The fourth-order valence-corrected chi connectivity index (χ4v) is 1.67. The van der Waals surface area contributed by atoms with Gasteiger partial charge in [-0.3, -0.25) is 4.79 Å². The zero-order valence-electron chi connectivity index (χ0n) is 9.93. The molecular weight excluding hydrogens is 252 g/mol. The fourth-order valence-electron chi connectivity index (χ4n) is 1.45. The lowest BCUT2D eigenvalue weighted by atomic mass is 10.3. The van der Waals surface area contributed by atoms with Gasteiger partial charge in [0.05, 0.1) is 16.9 Å². The van der Waals surface area contributed by atoms with Crippen molar-refractivity contribution in [1.82, 2.24) is 20.3 Å². The summed E-state index contributed by atoms with van der Waals surface area (Å²) in [5.74, 6) is -0.227. The van der Waals surface area contributed by atoms with E-state index in [-0.39, 0.29) is 11.6 Å². The number of carbonyl (C=O) groups excluding carboxylic acids is 1. The number of nitrogens with zero attached hydrogens (tertiary/aromatic N) is 3. The highest BCUT2D eigenvalue weighted by Crippen LogP contribution is 2.18. The highest BCUT2D eigenvalue weighted by Gasteiger charge is 2.11. The molecule has 0 bridgehead atoms. The molecule has 0 radical (unpaired) electrons. The van der Waals surface area contributed by atoms with Gasteiger partial charge in [0.1, 0.15) is 0 Å². The first kappa shape index (κ1) is 12.6. The van der Waals surface area contributed by atoms with E-state index < -0.39 is 0 Å². The largest absolute Gasteiger partial charge is 0.351 e. The van der Waals surface area contributed by atoms with Crippen molar-refractivity contribution in [3.8, 4) is 5.69 Å². The third-order valence-electron chi connectivity index (χ3n) is 2.36. The summed E-state index contributed by atoms with van der Waals surface area (Å²) in [5.41, 5.74) is 0.976. The number of carbonyl (C=O) groups is 1. The number of para-hydroxylation sites is 1. The number of hydrogen-bond donors (Lipinski definition) is 1. The zero-order valence-corrected chi connectivity index (χ0v) is 10.7. The molecule has 2 rings (SSSR count). The smallest absolute Gasteiger partial charge is 0.273 e. The predicted molar refractivity (Wildman–Crippen MR) is 69.0 cm³/mol. The normalized spacial score (nSPS) is 10.3. The van der Waals surface area contributed by atoms with Crippen LogP contribution < -0.4 is 5.32 Å². The van der Waals surface area contributed by atoms with Crippen LogP contribution in [0.5, 0.6) is 0 Å². The van der Waals surface area contributed by atoms with Crippen LogP contribution in [0.2, 0.25) is 5.02 Å². The number of aromatic nitrogens is 3. The molecule has 0 fully saturated rings. The maximum atomic E-state index is 11.7. The van der Waals surface area contributed by atoms with Gasteiger partial charge in [-0.25, -0.2) is 4.68 Å². The van der Waals surface area contributed by atoms with E-state index in [1.165, 1.54) is 4.68 Å². The Kier molecular flexibility index (Phi) is 3.94. The van der Waals surface area contributed by atoms with Crippen LogP contribution in [-0.2, 0) is 0 Å². The van der Waals surface area contributed by atoms with Gasteiger partial charge >= 0.3 is 0 Å². The number of hydrogen-bond acceptors (Lipinski definition) is 3. The van der Waals surface area contributed by atoms with Crippen molar-refractivity contribution in [2.24, 2.45) is 0 Å². The zero-order chi connectivity index (χ0) is 13.0. The first-order valence-electron chi connectivity index (χ1n) is 5.68. The third kappa shape index (κ3) is 2.68. The Morgan fingerprint density at radius 3 is 2.94 bits per heavy atom. The second kappa shape index (κ2) is 5.64. The molecule has 0 spiro atoms. The number of benzene rings is 1. The summed E-state index contributed by atoms with van der Waals surface area (Å²) in [7, 11) is 0. The van der Waals surface area contributed by atoms with Gasteiger partial charge in [-0.15, -0.1) is 5.10 Å². The molecule has 2 aromatic rings. The van der Waals surface area contributed by atoms with Crippen LogP contribution in [-0.4, -0.2) is 27.4 Å². The lowest BCUT2D eigenvalue weighted by molar-refractivity contribution is 0.0948. The van der Waals surface area contributed by atoms with E-state index in [9.17, 15) is 4.79 Å². The second-order valence-corrected chi connectivity index (χ2v) is 4.16. The minimum Gasteiger partial charge on any atom is -0.351 e. The van der Waals surface area contributed by atoms with Crippen molar-refractivity contribution in [2.45, 2.75) is 13.3 Å². The van der Waals surface area contributed by atoms with Gasteiger partial charge in [-0.1, -0.05) is 35.9 Å². The topological polar surface area (TPSA) is 59.8 Å². The number of rotatable bonds is 4. The molecule has 1 aromatic heterocycles. The van der Waals surface area contributed by atoms with Gasteiger partial charge < -0.3 is 5.32 Å². The SMILES string of the molecule is CCCNC(=O)c1cn(-c2ccccc2Cl)nn1. The van der Waals surface area contributed by atoms with E-state index in [4.69, 9.17) is 11.6 Å². The number of amides is 1. The Morgan fingerprint density at radius 1 is 1.44 bits per heavy atom. The number of halogens is 1. The van der Waals surface area contributed by atoms with Crippen LogP contribution >= 0.6 is 11.6 Å². The summed E-state index contributed by atoms with van der Waals surface area (Å²) in [4.78, 5) is 11.7. The van der Waals surface area contributed by atoms with Crippen LogP contribution in [0.3, 0.4) is 0 Å². The summed E-state index contributed by atoms with van der Waals surface area (Å²) < 4.78 is 1.49. The molecule has 94 valence electrons. The number of nitrogens with one attached hydrogen (secondary N) is 1. The molecule has 1 aromatic carbocycles. The van der Waals surface area contributed by atoms with E-state index in [1.54, 1.807) is 12.3 Å². The Hall–Kier alpha value is -1.88. The van der Waals surface area contributed by atoms with Crippen molar-refractivity contribution in [2.75, 3.05) is 6.54 Å². The average molecular weight is 265 g/mol. The van der Waals surface area contributed by atoms with Gasteiger partial charge in [0.2, 0.25) is 0 Å². The summed E-state index contributed by atoms with van der Waals surface area (Å²) >= 11 is 6.04. The summed E-state index contributed by atoms with van der Waals surface area (Å²) in [6.07, 6.45) is 2.44. The molecule has 0 saturated heterocycles. The summed E-state index contributed by atoms with van der Waals surface area (Å²) in [5, 5.41) is 11.0. The van der Waals surface area contributed by atoms with E-state index in [1.807, 2.05) is 25.1 Å². The minimum absolute atomic E-state index is 0.227. The van der Waals surface area contributed by atoms with Crippen molar-refractivity contribution in [3.05, 3.63) is 41.2 Å². The highest BCUT2D eigenvalue weighted by atomic mass is 35.5. The first-order chi connectivity index (χ1) is 8.72. The molecule has 0 saturated carbocycles. The second-order valence-electron chi connectivity index (χ2n) is 3.76. The maximum Gasteiger partial charge on any atom is 0.273 e. The van der Waals surface area contributed by atoms with Crippen molar-refractivity contribution < 1.29 is 4.79 Å². The molecule has 6 heteroatoms. The van der Waals surface area contributed by atoms with Crippen LogP contribution in [0.15, 0.2) is 30.5 Å². The lowest BCUT2D eigenvalue weighted by Gasteiger charge is -2.01. The molecule has 1 amide bonds. The lowest BCUT2D eigenvalue weighted by Crippen LogP contribution is -2.24. The Bertz CT molecular complexity index is 553. The van der Waals surface area contributed by atoms with E-state index in [0.717, 1.165) is 6.42 Å². The van der Waals surface area contributed by atoms with Gasteiger partial charge in [0.25, 0.3) is 5.91 Å². The first-order valence-corrected chi connectivity index (χ1v) is 6.05. The Morgan fingerprint density at radius 2 is 2.22 bits per heavy atom. The monoisotopic (exact) mass is 264 g/mol. The van der Waals surface area contributed by atoms with Gasteiger partial charge in [0.15, 0.2) is 5.69 Å².